The first-order chi connectivity index (χ1) is 9.15. The van der Waals surface area contributed by atoms with Gasteiger partial charge in [-0.3, -0.25) is 0 Å². The SMILES string of the molecule is O=C([O-])c1cc(-c2cccs2)nc2ccc(I)cc12. The first-order valence-electron chi connectivity index (χ1n) is 5.50. The van der Waals surface area contributed by atoms with E-state index in [0.29, 0.717) is 16.6 Å². The third-order valence-corrected chi connectivity index (χ3v) is 4.33. The highest BCUT2D eigenvalue weighted by Gasteiger charge is 2.09. The van der Waals surface area contributed by atoms with E-state index in [1.807, 2.05) is 35.7 Å². The summed E-state index contributed by atoms with van der Waals surface area (Å²) in [5.74, 6) is -1.17. The van der Waals surface area contributed by atoms with Crippen LogP contribution in [0.5, 0.6) is 0 Å². The van der Waals surface area contributed by atoms with Crippen molar-refractivity contribution in [1.29, 1.82) is 0 Å². The number of rotatable bonds is 2. The first-order valence-corrected chi connectivity index (χ1v) is 7.46. The van der Waals surface area contributed by atoms with Gasteiger partial charge in [0.15, 0.2) is 0 Å². The molecule has 0 bridgehead atoms. The second kappa shape index (κ2) is 4.90. The molecule has 0 saturated carbocycles. The Morgan fingerprint density at radius 3 is 2.79 bits per heavy atom. The fourth-order valence-electron chi connectivity index (χ4n) is 1.92. The lowest BCUT2D eigenvalue weighted by molar-refractivity contribution is -0.254. The predicted octanol–water partition coefficient (Wildman–Crippen LogP) is 2.93. The van der Waals surface area contributed by atoms with Gasteiger partial charge in [0.05, 0.1) is 22.1 Å². The van der Waals surface area contributed by atoms with Gasteiger partial charge in [-0.05, 0) is 58.3 Å². The Kier molecular flexibility index (Phi) is 3.24. The summed E-state index contributed by atoms with van der Waals surface area (Å²) >= 11 is 3.68. The number of carboxylic acids is 1. The van der Waals surface area contributed by atoms with E-state index >= 15 is 0 Å². The van der Waals surface area contributed by atoms with Gasteiger partial charge in [0, 0.05) is 14.5 Å². The minimum Gasteiger partial charge on any atom is -0.545 e. The molecule has 3 aromatic rings. The highest BCUT2D eigenvalue weighted by Crippen LogP contribution is 2.28. The number of nitrogens with zero attached hydrogens (tertiary/aromatic N) is 1. The Hall–Kier alpha value is -1.47. The van der Waals surface area contributed by atoms with Crippen molar-refractivity contribution in [2.75, 3.05) is 0 Å². The van der Waals surface area contributed by atoms with E-state index in [4.69, 9.17) is 0 Å². The summed E-state index contributed by atoms with van der Waals surface area (Å²) in [6.07, 6.45) is 0. The van der Waals surface area contributed by atoms with Crippen LogP contribution in [-0.4, -0.2) is 11.0 Å². The number of carboxylic acid groups (broad SMARTS) is 1. The zero-order chi connectivity index (χ0) is 13.4. The molecular formula is C14H7INO2S-. The average Bonchev–Trinajstić information content (AvgIpc) is 2.91. The van der Waals surface area contributed by atoms with E-state index < -0.39 is 5.97 Å². The molecule has 1 aromatic carbocycles. The van der Waals surface area contributed by atoms with Crippen molar-refractivity contribution in [1.82, 2.24) is 4.98 Å². The van der Waals surface area contributed by atoms with Gasteiger partial charge >= 0.3 is 0 Å². The molecule has 2 heterocycles. The molecule has 0 unspecified atom stereocenters. The average molecular weight is 380 g/mol. The van der Waals surface area contributed by atoms with Crippen molar-refractivity contribution in [3.63, 3.8) is 0 Å². The number of pyridine rings is 1. The fraction of sp³-hybridized carbons (Fsp3) is 0. The fourth-order valence-corrected chi connectivity index (χ4v) is 3.09. The molecule has 19 heavy (non-hydrogen) atoms. The zero-order valence-corrected chi connectivity index (χ0v) is 12.6. The molecule has 0 fully saturated rings. The van der Waals surface area contributed by atoms with Crippen LogP contribution in [0.15, 0.2) is 41.8 Å². The van der Waals surface area contributed by atoms with Gasteiger partial charge in [0.2, 0.25) is 0 Å². The topological polar surface area (TPSA) is 53.0 Å². The molecule has 2 aromatic heterocycles. The molecule has 0 atom stereocenters. The highest BCUT2D eigenvalue weighted by molar-refractivity contribution is 14.1. The monoisotopic (exact) mass is 380 g/mol. The van der Waals surface area contributed by atoms with Crippen LogP contribution in [0.2, 0.25) is 0 Å². The van der Waals surface area contributed by atoms with Crippen LogP contribution in [-0.2, 0) is 0 Å². The second-order valence-corrected chi connectivity index (χ2v) is 6.17. The number of hydrogen-bond acceptors (Lipinski definition) is 4. The molecule has 94 valence electrons. The summed E-state index contributed by atoms with van der Waals surface area (Å²) in [6, 6.07) is 11.0. The van der Waals surface area contributed by atoms with Gasteiger partial charge in [-0.25, -0.2) is 4.98 Å². The van der Waals surface area contributed by atoms with E-state index in [1.165, 1.54) is 11.3 Å². The predicted molar refractivity (Wildman–Crippen MR) is 82.1 cm³/mol. The number of carbonyl (C=O) groups excluding carboxylic acids is 1. The lowest BCUT2D eigenvalue weighted by Crippen LogP contribution is -2.22. The molecule has 0 spiro atoms. The Bertz CT molecular complexity index is 768. The molecule has 5 heteroatoms. The third-order valence-electron chi connectivity index (χ3n) is 2.76. The number of fused-ring (bicyclic) bond motifs is 1. The lowest BCUT2D eigenvalue weighted by Gasteiger charge is -2.10. The number of halogens is 1. The number of carbonyl (C=O) groups is 1. The molecule has 0 N–H and O–H groups in total. The lowest BCUT2D eigenvalue weighted by atomic mass is 10.1. The summed E-state index contributed by atoms with van der Waals surface area (Å²) in [7, 11) is 0. The van der Waals surface area contributed by atoms with Crippen LogP contribution in [0.3, 0.4) is 0 Å². The number of aromatic carboxylic acids is 1. The normalized spacial score (nSPS) is 10.8. The maximum atomic E-state index is 11.3. The van der Waals surface area contributed by atoms with Crippen molar-refractivity contribution in [2.24, 2.45) is 0 Å². The molecule has 0 aliphatic rings. The molecule has 0 amide bonds. The Balaban J connectivity index is 2.34. The van der Waals surface area contributed by atoms with Gasteiger partial charge < -0.3 is 9.90 Å². The largest absolute Gasteiger partial charge is 0.545 e. The summed E-state index contributed by atoms with van der Waals surface area (Å²) < 4.78 is 0.971. The third kappa shape index (κ3) is 2.35. The highest BCUT2D eigenvalue weighted by atomic mass is 127. The van der Waals surface area contributed by atoms with Crippen LogP contribution >= 0.6 is 33.9 Å². The first kappa shape index (κ1) is 12.6. The van der Waals surface area contributed by atoms with Gasteiger partial charge in [-0.2, -0.15) is 0 Å². The Labute approximate surface area is 127 Å². The molecule has 0 aliphatic heterocycles. The van der Waals surface area contributed by atoms with Crippen LogP contribution in [0.4, 0.5) is 0 Å². The molecule has 3 nitrogen and oxygen atoms in total. The summed E-state index contributed by atoms with van der Waals surface area (Å²) in [5.41, 5.74) is 1.53. The van der Waals surface area contributed by atoms with Crippen LogP contribution in [0.1, 0.15) is 10.4 Å². The van der Waals surface area contributed by atoms with Crippen molar-refractivity contribution in [3.05, 3.63) is 50.9 Å². The summed E-state index contributed by atoms with van der Waals surface area (Å²) in [5, 5.41) is 13.9. The smallest absolute Gasteiger partial charge is 0.0816 e. The molecular weight excluding hydrogens is 373 g/mol. The van der Waals surface area contributed by atoms with Crippen molar-refractivity contribution in [2.45, 2.75) is 0 Å². The van der Waals surface area contributed by atoms with Gasteiger partial charge in [0.1, 0.15) is 0 Å². The van der Waals surface area contributed by atoms with E-state index in [2.05, 4.69) is 27.6 Å². The summed E-state index contributed by atoms with van der Waals surface area (Å²) in [6.45, 7) is 0. The van der Waals surface area contributed by atoms with Crippen LogP contribution < -0.4 is 5.11 Å². The Morgan fingerprint density at radius 1 is 1.26 bits per heavy atom. The molecule has 0 saturated heterocycles. The Morgan fingerprint density at radius 2 is 2.11 bits per heavy atom. The number of benzene rings is 1. The molecule has 0 radical (unpaired) electrons. The van der Waals surface area contributed by atoms with Crippen molar-refractivity contribution < 1.29 is 9.90 Å². The number of thiophene rings is 1. The van der Waals surface area contributed by atoms with Crippen molar-refractivity contribution in [3.8, 4) is 10.6 Å². The quantitative estimate of drug-likeness (QED) is 0.643. The van der Waals surface area contributed by atoms with E-state index in [0.717, 1.165) is 8.45 Å². The van der Waals surface area contributed by atoms with Crippen molar-refractivity contribution >= 4 is 50.8 Å². The van der Waals surface area contributed by atoms with E-state index in [-0.39, 0.29) is 5.56 Å². The molecule has 0 aliphatic carbocycles. The van der Waals surface area contributed by atoms with E-state index in [9.17, 15) is 9.90 Å². The van der Waals surface area contributed by atoms with Crippen LogP contribution in [0.25, 0.3) is 21.5 Å². The van der Waals surface area contributed by atoms with E-state index in [1.54, 1.807) is 6.07 Å². The minimum atomic E-state index is -1.17. The second-order valence-electron chi connectivity index (χ2n) is 3.98. The maximum absolute atomic E-state index is 11.3. The standard InChI is InChI=1S/C14H8INO2S/c15-8-3-4-11-9(6-8)10(14(17)18)7-12(16-11)13-2-1-5-19-13/h1-7H,(H,17,18)/p-1. The van der Waals surface area contributed by atoms with Crippen LogP contribution in [0, 0.1) is 3.57 Å². The van der Waals surface area contributed by atoms with Gasteiger partial charge in [-0.1, -0.05) is 6.07 Å². The van der Waals surface area contributed by atoms with Gasteiger partial charge in [0.25, 0.3) is 0 Å². The number of aromatic nitrogens is 1. The minimum absolute atomic E-state index is 0.187. The van der Waals surface area contributed by atoms with Gasteiger partial charge in [-0.15, -0.1) is 11.3 Å². The molecule has 3 rings (SSSR count). The number of hydrogen-bond donors (Lipinski definition) is 0. The maximum Gasteiger partial charge on any atom is 0.0816 e. The zero-order valence-electron chi connectivity index (χ0n) is 9.59. The summed E-state index contributed by atoms with van der Waals surface area (Å²) in [4.78, 5) is 16.8.